The normalized spacial score (nSPS) is 46.3. The quantitative estimate of drug-likeness (QED) is 0.540. The summed E-state index contributed by atoms with van der Waals surface area (Å²) in [5, 5.41) is 0. The molecule has 2 fully saturated rings. The number of fused-ring (bicyclic) bond motifs is 1. The van der Waals surface area contributed by atoms with Crippen LogP contribution in [0.4, 0.5) is 0 Å². The molecule has 4 atom stereocenters. The van der Waals surface area contributed by atoms with Crippen LogP contribution >= 0.6 is 0 Å². The van der Waals surface area contributed by atoms with Crippen molar-refractivity contribution in [1.82, 2.24) is 0 Å². The summed E-state index contributed by atoms with van der Waals surface area (Å²) in [6.45, 7) is 11.7. The second-order valence-electron chi connectivity index (χ2n) is 6.11. The molecule has 2 saturated carbocycles. The molecule has 2 aliphatic carbocycles. The van der Waals surface area contributed by atoms with Gasteiger partial charge in [-0.05, 0) is 55.3 Å². The summed E-state index contributed by atoms with van der Waals surface area (Å²) in [4.78, 5) is 0. The molecule has 0 saturated heterocycles. The molecule has 0 spiro atoms. The van der Waals surface area contributed by atoms with Crippen LogP contribution in [0, 0.1) is 23.2 Å². The van der Waals surface area contributed by atoms with Crippen molar-refractivity contribution in [2.75, 3.05) is 0 Å². The molecule has 0 N–H and O–H groups in total. The first-order valence-corrected chi connectivity index (χ1v) is 6.78. The number of rotatable bonds is 1. The third-order valence-corrected chi connectivity index (χ3v) is 5.46. The molecule has 0 aromatic heterocycles. The first-order valence-electron chi connectivity index (χ1n) is 6.78. The molecule has 0 heteroatoms. The van der Waals surface area contributed by atoms with Crippen LogP contribution < -0.4 is 0 Å². The molecule has 4 unspecified atom stereocenters. The molecule has 2 rings (SSSR count). The van der Waals surface area contributed by atoms with E-state index in [0.717, 1.165) is 17.8 Å². The minimum absolute atomic E-state index is 0.492. The van der Waals surface area contributed by atoms with Crippen LogP contribution in [0.5, 0.6) is 0 Å². The van der Waals surface area contributed by atoms with E-state index in [9.17, 15) is 0 Å². The Morgan fingerprint density at radius 3 is 2.80 bits per heavy atom. The predicted octanol–water partition coefficient (Wildman–Crippen LogP) is 4.81. The van der Waals surface area contributed by atoms with Crippen molar-refractivity contribution in [1.29, 1.82) is 0 Å². The fourth-order valence-electron chi connectivity index (χ4n) is 4.28. The maximum Gasteiger partial charge on any atom is -0.00880 e. The lowest BCUT2D eigenvalue weighted by molar-refractivity contribution is 0.0223. The third kappa shape index (κ3) is 1.66. The Morgan fingerprint density at radius 2 is 2.13 bits per heavy atom. The van der Waals surface area contributed by atoms with Crippen LogP contribution in [0.25, 0.3) is 0 Å². The molecule has 0 bridgehead atoms. The van der Waals surface area contributed by atoms with Gasteiger partial charge >= 0.3 is 0 Å². The lowest BCUT2D eigenvalue weighted by atomic mass is 9.52. The van der Waals surface area contributed by atoms with Gasteiger partial charge < -0.3 is 0 Å². The minimum atomic E-state index is 0.492. The Bertz CT molecular complexity index is 253. The van der Waals surface area contributed by atoms with Crippen molar-refractivity contribution >= 4 is 0 Å². The molecule has 86 valence electrons. The Kier molecular flexibility index (Phi) is 2.96. The molecular weight excluding hydrogens is 180 g/mol. The van der Waals surface area contributed by atoms with Gasteiger partial charge in [0, 0.05) is 0 Å². The van der Waals surface area contributed by atoms with Gasteiger partial charge in [0.15, 0.2) is 0 Å². The van der Waals surface area contributed by atoms with Gasteiger partial charge in [-0.3, -0.25) is 0 Å². The van der Waals surface area contributed by atoms with E-state index in [2.05, 4.69) is 27.4 Å². The fraction of sp³-hybridized carbons (Fsp3) is 0.867. The fourth-order valence-corrected chi connectivity index (χ4v) is 4.28. The Labute approximate surface area is 95.1 Å². The van der Waals surface area contributed by atoms with Crippen LogP contribution in [0.15, 0.2) is 12.2 Å². The summed E-state index contributed by atoms with van der Waals surface area (Å²) in [7, 11) is 0. The van der Waals surface area contributed by atoms with Crippen molar-refractivity contribution < 1.29 is 0 Å². The first kappa shape index (κ1) is 11.2. The zero-order chi connectivity index (χ0) is 11.1. The summed E-state index contributed by atoms with van der Waals surface area (Å²) in [5.41, 5.74) is 2.05. The Hall–Kier alpha value is -0.260. The van der Waals surface area contributed by atoms with Gasteiger partial charge in [0.25, 0.3) is 0 Å². The zero-order valence-electron chi connectivity index (χ0n) is 10.7. The molecule has 0 aromatic carbocycles. The lowest BCUT2D eigenvalue weighted by Crippen LogP contribution is -2.43. The second-order valence-corrected chi connectivity index (χ2v) is 6.11. The number of hydrogen-bond donors (Lipinski definition) is 0. The molecule has 0 radical (unpaired) electrons. The van der Waals surface area contributed by atoms with Gasteiger partial charge in [0.1, 0.15) is 0 Å². The molecule has 15 heavy (non-hydrogen) atoms. The summed E-state index contributed by atoms with van der Waals surface area (Å²) in [6, 6.07) is 0. The molecule has 0 nitrogen and oxygen atoms in total. The van der Waals surface area contributed by atoms with Crippen molar-refractivity contribution in [2.45, 2.75) is 59.3 Å². The lowest BCUT2D eigenvalue weighted by Gasteiger charge is -2.53. The van der Waals surface area contributed by atoms with Gasteiger partial charge in [-0.15, -0.1) is 0 Å². The number of allylic oxidation sites excluding steroid dienone is 1. The smallest absolute Gasteiger partial charge is 0.00880 e. The van der Waals surface area contributed by atoms with Crippen molar-refractivity contribution in [3.05, 3.63) is 12.2 Å². The molecule has 0 heterocycles. The second kappa shape index (κ2) is 3.96. The largest absolute Gasteiger partial charge is 0.0993 e. The Balaban J connectivity index is 2.26. The highest BCUT2D eigenvalue weighted by Gasteiger charge is 2.46. The average molecular weight is 206 g/mol. The van der Waals surface area contributed by atoms with E-state index < -0.39 is 0 Å². The number of hydrogen-bond acceptors (Lipinski definition) is 0. The van der Waals surface area contributed by atoms with Gasteiger partial charge in [-0.2, -0.15) is 0 Å². The monoisotopic (exact) mass is 206 g/mol. The van der Waals surface area contributed by atoms with E-state index in [1.165, 1.54) is 38.5 Å². The Morgan fingerprint density at radius 1 is 1.40 bits per heavy atom. The predicted molar refractivity (Wildman–Crippen MR) is 66.8 cm³/mol. The summed E-state index contributed by atoms with van der Waals surface area (Å²) in [5.74, 6) is 2.84. The van der Waals surface area contributed by atoms with Crippen LogP contribution in [-0.4, -0.2) is 0 Å². The van der Waals surface area contributed by atoms with Gasteiger partial charge in [-0.1, -0.05) is 39.3 Å². The molecule has 0 amide bonds. The van der Waals surface area contributed by atoms with Crippen LogP contribution in [0.1, 0.15) is 59.3 Å². The van der Waals surface area contributed by atoms with E-state index in [4.69, 9.17) is 0 Å². The maximum absolute atomic E-state index is 4.36. The van der Waals surface area contributed by atoms with Crippen LogP contribution in [0.2, 0.25) is 0 Å². The van der Waals surface area contributed by atoms with Gasteiger partial charge in [0.2, 0.25) is 0 Å². The highest BCUT2D eigenvalue weighted by Crippen LogP contribution is 2.56. The van der Waals surface area contributed by atoms with Crippen LogP contribution in [0.3, 0.4) is 0 Å². The summed E-state index contributed by atoms with van der Waals surface area (Å²) >= 11 is 0. The van der Waals surface area contributed by atoms with E-state index >= 15 is 0 Å². The molecule has 0 aliphatic heterocycles. The first-order chi connectivity index (χ1) is 7.09. The topological polar surface area (TPSA) is 0 Å². The summed E-state index contributed by atoms with van der Waals surface area (Å²) in [6.07, 6.45) is 8.33. The maximum atomic E-state index is 4.36. The SMILES string of the molecule is C=C1CCCC2C(CC)C(C)CCC12C. The van der Waals surface area contributed by atoms with Crippen molar-refractivity contribution in [2.24, 2.45) is 23.2 Å². The van der Waals surface area contributed by atoms with Crippen molar-refractivity contribution in [3.63, 3.8) is 0 Å². The molecular formula is C15H26. The van der Waals surface area contributed by atoms with E-state index in [-0.39, 0.29) is 0 Å². The van der Waals surface area contributed by atoms with E-state index in [1.54, 1.807) is 5.57 Å². The average Bonchev–Trinajstić information content (AvgIpc) is 2.22. The van der Waals surface area contributed by atoms with E-state index in [1.807, 2.05) is 0 Å². The van der Waals surface area contributed by atoms with Gasteiger partial charge in [0.05, 0.1) is 0 Å². The third-order valence-electron chi connectivity index (χ3n) is 5.46. The summed E-state index contributed by atoms with van der Waals surface area (Å²) < 4.78 is 0. The molecule has 0 aromatic rings. The zero-order valence-corrected chi connectivity index (χ0v) is 10.7. The highest BCUT2D eigenvalue weighted by molar-refractivity contribution is 5.16. The highest BCUT2D eigenvalue weighted by atomic mass is 14.5. The minimum Gasteiger partial charge on any atom is -0.0993 e. The standard InChI is InChI=1S/C15H26/c1-5-13-11(2)9-10-15(4)12(3)7-6-8-14(13)15/h11,13-14H,3,5-10H2,1-2,4H3. The van der Waals surface area contributed by atoms with Crippen LogP contribution in [-0.2, 0) is 0 Å². The van der Waals surface area contributed by atoms with E-state index in [0.29, 0.717) is 5.41 Å². The van der Waals surface area contributed by atoms with Crippen molar-refractivity contribution in [3.8, 4) is 0 Å². The molecule has 2 aliphatic rings. The van der Waals surface area contributed by atoms with Gasteiger partial charge in [-0.25, -0.2) is 0 Å².